The SMILES string of the molecule is Cc1ccc(C(=O)COC(=O)[C@@H](Cc2ccccc2)N2C(=O)[C@@H]3[C@H](C2=O)C2(Cl)c4ccccc4C3(Cl)c3ccccc32)cc1. The second-order valence-electron chi connectivity index (χ2n) is 11.6. The number of ketones is 1. The largest absolute Gasteiger partial charge is 0.456 e. The number of alkyl halides is 2. The molecule has 3 atom stereocenters. The fraction of sp³-hybridized carbons (Fsp3) is 0.222. The van der Waals surface area contributed by atoms with E-state index in [4.69, 9.17) is 27.9 Å². The molecule has 44 heavy (non-hydrogen) atoms. The van der Waals surface area contributed by atoms with Crippen LogP contribution < -0.4 is 0 Å². The van der Waals surface area contributed by atoms with Gasteiger partial charge in [-0.05, 0) is 34.7 Å². The Hall–Kier alpha value is -4.26. The molecule has 1 heterocycles. The topological polar surface area (TPSA) is 80.8 Å². The first kappa shape index (κ1) is 28.5. The molecule has 4 aromatic rings. The zero-order valence-electron chi connectivity index (χ0n) is 23.7. The number of esters is 1. The fourth-order valence-electron chi connectivity index (χ4n) is 7.17. The van der Waals surface area contributed by atoms with Crippen molar-refractivity contribution in [1.29, 1.82) is 0 Å². The molecule has 1 fully saturated rings. The summed E-state index contributed by atoms with van der Waals surface area (Å²) in [6, 6.07) is 29.4. The summed E-state index contributed by atoms with van der Waals surface area (Å²) in [5.74, 6) is -4.55. The summed E-state index contributed by atoms with van der Waals surface area (Å²) in [5, 5.41) is 0. The van der Waals surface area contributed by atoms with Crippen molar-refractivity contribution in [3.8, 4) is 0 Å². The van der Waals surface area contributed by atoms with Crippen LogP contribution in [0.4, 0.5) is 0 Å². The lowest BCUT2D eigenvalue weighted by atomic mass is 9.54. The molecule has 0 unspecified atom stereocenters. The van der Waals surface area contributed by atoms with Crippen LogP contribution in [0.1, 0.15) is 43.7 Å². The molecular formula is C36H27Cl2NO5. The first-order chi connectivity index (χ1) is 21.2. The third-order valence-corrected chi connectivity index (χ3v) is 10.5. The van der Waals surface area contributed by atoms with Crippen LogP contribution in [-0.4, -0.2) is 41.1 Å². The number of amides is 2. The van der Waals surface area contributed by atoms with Gasteiger partial charge in [0, 0.05) is 12.0 Å². The Morgan fingerprint density at radius 3 is 1.66 bits per heavy atom. The number of rotatable bonds is 7. The molecule has 1 saturated heterocycles. The number of aryl methyl sites for hydroxylation is 1. The molecule has 2 bridgehead atoms. The first-order valence-corrected chi connectivity index (χ1v) is 15.2. The summed E-state index contributed by atoms with van der Waals surface area (Å²) >= 11 is 15.1. The van der Waals surface area contributed by atoms with Crippen molar-refractivity contribution >= 4 is 46.8 Å². The van der Waals surface area contributed by atoms with Crippen molar-refractivity contribution in [3.05, 3.63) is 142 Å². The Morgan fingerprint density at radius 2 is 1.18 bits per heavy atom. The summed E-state index contributed by atoms with van der Waals surface area (Å²) in [6.45, 7) is 1.37. The van der Waals surface area contributed by atoms with Gasteiger partial charge in [0.05, 0.1) is 11.8 Å². The van der Waals surface area contributed by atoms with E-state index in [9.17, 15) is 19.2 Å². The number of imide groups is 1. The minimum absolute atomic E-state index is 0.000215. The number of carbonyl (C=O) groups is 4. The molecule has 0 radical (unpaired) electrons. The van der Waals surface area contributed by atoms with Gasteiger partial charge in [-0.25, -0.2) is 4.79 Å². The van der Waals surface area contributed by atoms with Gasteiger partial charge in [-0.15, -0.1) is 23.2 Å². The molecule has 0 saturated carbocycles. The summed E-state index contributed by atoms with van der Waals surface area (Å²) in [4.78, 5) is 54.0. The third-order valence-electron chi connectivity index (χ3n) is 9.19. The highest BCUT2D eigenvalue weighted by Crippen LogP contribution is 2.69. The number of ether oxygens (including phenoxy) is 1. The van der Waals surface area contributed by atoms with Gasteiger partial charge in [-0.3, -0.25) is 19.3 Å². The average molecular weight is 625 g/mol. The van der Waals surface area contributed by atoms with Crippen LogP contribution in [0.3, 0.4) is 0 Å². The van der Waals surface area contributed by atoms with E-state index in [0.29, 0.717) is 33.4 Å². The molecule has 8 heteroatoms. The van der Waals surface area contributed by atoms with Gasteiger partial charge in [0.15, 0.2) is 12.4 Å². The average Bonchev–Trinajstić information content (AvgIpc) is 3.32. The van der Waals surface area contributed by atoms with Crippen LogP contribution in [0, 0.1) is 18.8 Å². The van der Waals surface area contributed by atoms with Crippen LogP contribution in [-0.2, 0) is 35.3 Å². The molecular weight excluding hydrogens is 597 g/mol. The predicted octanol–water partition coefficient (Wildman–Crippen LogP) is 5.93. The molecule has 3 aliphatic carbocycles. The number of Topliss-reactive ketones (excluding diaryl/α,β-unsaturated/α-hetero) is 1. The summed E-state index contributed by atoms with van der Waals surface area (Å²) in [7, 11) is 0. The molecule has 8 rings (SSSR count). The Labute approximate surface area is 264 Å². The van der Waals surface area contributed by atoms with E-state index in [1.165, 1.54) is 0 Å². The second-order valence-corrected chi connectivity index (χ2v) is 12.8. The molecule has 4 aromatic carbocycles. The number of hydrogen-bond acceptors (Lipinski definition) is 5. The van der Waals surface area contributed by atoms with Gasteiger partial charge in [-0.1, -0.05) is 109 Å². The maximum atomic E-state index is 14.5. The highest BCUT2D eigenvalue weighted by atomic mass is 35.5. The van der Waals surface area contributed by atoms with Crippen molar-refractivity contribution in [2.45, 2.75) is 29.1 Å². The quantitative estimate of drug-likeness (QED) is 0.110. The van der Waals surface area contributed by atoms with E-state index in [1.54, 1.807) is 48.5 Å². The van der Waals surface area contributed by atoms with Gasteiger partial charge in [0.2, 0.25) is 11.8 Å². The van der Waals surface area contributed by atoms with Crippen molar-refractivity contribution < 1.29 is 23.9 Å². The molecule has 1 aliphatic heterocycles. The molecule has 0 spiro atoms. The number of likely N-dealkylation sites (tertiary alicyclic amines) is 1. The van der Waals surface area contributed by atoms with Gasteiger partial charge in [0.1, 0.15) is 15.8 Å². The maximum Gasteiger partial charge on any atom is 0.330 e. The Morgan fingerprint density at radius 1 is 0.727 bits per heavy atom. The minimum Gasteiger partial charge on any atom is -0.456 e. The standard InChI is InChI=1S/C36H27Cl2NO5/c1-21-15-17-23(18-16-21)29(40)20-44-34(43)28(19-22-9-3-2-4-10-22)39-32(41)30-31(33(39)42)36(38)25-12-6-5-11-24(25)35(30,37)26-13-7-8-14-27(26)36/h2-18,28,30-31H,19-20H2,1H3/t28-,30-,31+,35?,36?/m1/s1. The predicted molar refractivity (Wildman–Crippen MR) is 165 cm³/mol. The summed E-state index contributed by atoms with van der Waals surface area (Å²) < 4.78 is 5.53. The van der Waals surface area contributed by atoms with Gasteiger partial charge in [-0.2, -0.15) is 0 Å². The lowest BCUT2D eigenvalue weighted by Crippen LogP contribution is -2.57. The van der Waals surface area contributed by atoms with E-state index < -0.39 is 57.8 Å². The van der Waals surface area contributed by atoms with Crippen LogP contribution in [0.5, 0.6) is 0 Å². The number of hydrogen-bond donors (Lipinski definition) is 0. The first-order valence-electron chi connectivity index (χ1n) is 14.4. The van der Waals surface area contributed by atoms with E-state index >= 15 is 0 Å². The number of benzene rings is 4. The Balaban J connectivity index is 1.28. The van der Waals surface area contributed by atoms with Crippen molar-refractivity contribution in [2.75, 3.05) is 6.61 Å². The van der Waals surface area contributed by atoms with Crippen LogP contribution in [0.15, 0.2) is 103 Å². The highest BCUT2D eigenvalue weighted by Gasteiger charge is 2.73. The molecule has 0 aromatic heterocycles. The van der Waals surface area contributed by atoms with Crippen LogP contribution in [0.2, 0.25) is 0 Å². The van der Waals surface area contributed by atoms with Gasteiger partial charge < -0.3 is 4.74 Å². The van der Waals surface area contributed by atoms with Crippen LogP contribution >= 0.6 is 23.2 Å². The normalized spacial score (nSPS) is 25.2. The molecule has 6 nitrogen and oxygen atoms in total. The number of halogens is 2. The van der Waals surface area contributed by atoms with Gasteiger partial charge >= 0.3 is 5.97 Å². The number of carbonyl (C=O) groups excluding carboxylic acids is 4. The van der Waals surface area contributed by atoms with E-state index in [0.717, 1.165) is 10.5 Å². The lowest BCUT2D eigenvalue weighted by molar-refractivity contribution is -0.158. The second kappa shape index (κ2) is 10.4. The highest BCUT2D eigenvalue weighted by molar-refractivity contribution is 6.36. The van der Waals surface area contributed by atoms with Crippen molar-refractivity contribution in [3.63, 3.8) is 0 Å². The zero-order chi connectivity index (χ0) is 30.8. The zero-order valence-corrected chi connectivity index (χ0v) is 25.2. The van der Waals surface area contributed by atoms with Gasteiger partial charge in [0.25, 0.3) is 0 Å². The van der Waals surface area contributed by atoms with Crippen molar-refractivity contribution in [2.24, 2.45) is 11.8 Å². The van der Waals surface area contributed by atoms with Crippen LogP contribution in [0.25, 0.3) is 0 Å². The summed E-state index contributed by atoms with van der Waals surface area (Å²) in [6.07, 6.45) is -0.000215. The molecule has 2 amide bonds. The minimum atomic E-state index is -1.38. The third kappa shape index (κ3) is 4.01. The molecule has 0 N–H and O–H groups in total. The van der Waals surface area contributed by atoms with Crippen molar-refractivity contribution in [1.82, 2.24) is 4.90 Å². The smallest absolute Gasteiger partial charge is 0.330 e. The number of nitrogens with zero attached hydrogens (tertiary/aromatic N) is 1. The molecule has 4 aliphatic rings. The maximum absolute atomic E-state index is 14.5. The molecule has 220 valence electrons. The van der Waals surface area contributed by atoms with E-state index in [-0.39, 0.29) is 6.42 Å². The summed E-state index contributed by atoms with van der Waals surface area (Å²) in [5.41, 5.74) is 4.78. The Bertz CT molecular complexity index is 1720. The fourth-order valence-corrected chi connectivity index (χ4v) is 8.27. The monoisotopic (exact) mass is 623 g/mol. The van der Waals surface area contributed by atoms with E-state index in [1.807, 2.05) is 61.5 Å². The van der Waals surface area contributed by atoms with E-state index in [2.05, 4.69) is 0 Å². The lowest BCUT2D eigenvalue weighted by Gasteiger charge is -2.54. The Kier molecular flexibility index (Phi) is 6.76.